The number of para-hydroxylation sites is 1. The van der Waals surface area contributed by atoms with E-state index in [-0.39, 0.29) is 12.6 Å². The van der Waals surface area contributed by atoms with Gasteiger partial charge in [0.15, 0.2) is 11.6 Å². The molecule has 0 unspecified atom stereocenters. The Morgan fingerprint density at radius 3 is 2.29 bits per heavy atom. The monoisotopic (exact) mass is 506 g/mol. The number of halogens is 3. The second-order valence-corrected chi connectivity index (χ2v) is 7.66. The van der Waals surface area contributed by atoms with Crippen molar-refractivity contribution in [1.82, 2.24) is 9.97 Å². The molecule has 2 aromatic carbocycles. The van der Waals surface area contributed by atoms with E-state index in [1.54, 1.807) is 18.2 Å². The molecule has 0 bridgehead atoms. The fourth-order valence-electron chi connectivity index (χ4n) is 2.91. The summed E-state index contributed by atoms with van der Waals surface area (Å²) in [4.78, 5) is 20.2. The molecule has 0 fully saturated rings. The van der Waals surface area contributed by atoms with E-state index >= 15 is 0 Å². The van der Waals surface area contributed by atoms with E-state index < -0.39 is 11.7 Å². The summed E-state index contributed by atoms with van der Waals surface area (Å²) >= 11 is 12.7. The number of hydrogen-bond donors (Lipinski definition) is 2. The number of benzene rings is 2. The molecule has 0 aliphatic heterocycles. The predicted octanol–water partition coefficient (Wildman–Crippen LogP) is 5.85. The van der Waals surface area contributed by atoms with Gasteiger partial charge in [0.25, 0.3) is 5.91 Å². The van der Waals surface area contributed by atoms with Crippen LogP contribution in [0.5, 0.6) is 17.2 Å². The number of hydrogen-bond acceptors (Lipinski definition) is 7. The zero-order valence-electron chi connectivity index (χ0n) is 18.5. The zero-order chi connectivity index (χ0) is 24.8. The number of anilines is 3. The lowest BCUT2D eigenvalue weighted by Crippen LogP contribution is -2.13. The number of nitrogens with zero attached hydrogens (tertiary/aromatic N) is 2. The van der Waals surface area contributed by atoms with Gasteiger partial charge in [-0.2, -0.15) is 0 Å². The standard InChI is InChI=1S/C23H21Cl2FN4O4/c1-12-6-5-7-16(29-22(31)13(2)26)21(12)30-23-27-9-14(10-28-23)34-11-15-19(24)17(32-3)8-18(33-4)20(15)25/h5-10H,2,11H2,1,3-4H3,(H,29,31)(H,27,28,30). The maximum atomic E-state index is 13.1. The first-order chi connectivity index (χ1) is 16.2. The van der Waals surface area contributed by atoms with Gasteiger partial charge >= 0.3 is 0 Å². The highest BCUT2D eigenvalue weighted by Crippen LogP contribution is 2.40. The predicted molar refractivity (Wildman–Crippen MR) is 129 cm³/mol. The van der Waals surface area contributed by atoms with Crippen LogP contribution in [0, 0.1) is 6.92 Å². The Balaban J connectivity index is 1.76. The van der Waals surface area contributed by atoms with Crippen LogP contribution in [0.4, 0.5) is 21.7 Å². The lowest BCUT2D eigenvalue weighted by Gasteiger charge is -2.16. The molecule has 2 N–H and O–H groups in total. The largest absolute Gasteiger partial charge is 0.495 e. The van der Waals surface area contributed by atoms with Crippen molar-refractivity contribution in [1.29, 1.82) is 0 Å². The number of aryl methyl sites for hydroxylation is 1. The quantitative estimate of drug-likeness (QED) is 0.351. The molecule has 0 radical (unpaired) electrons. The molecule has 3 rings (SSSR count). The van der Waals surface area contributed by atoms with Crippen LogP contribution in [0.2, 0.25) is 10.0 Å². The Bertz CT molecular complexity index is 1190. The van der Waals surface area contributed by atoms with Crippen molar-refractivity contribution < 1.29 is 23.4 Å². The summed E-state index contributed by atoms with van der Waals surface area (Å²) in [6, 6.07) is 6.74. The number of carbonyl (C=O) groups excluding carboxylic acids is 1. The van der Waals surface area contributed by atoms with Crippen molar-refractivity contribution in [2.75, 3.05) is 24.9 Å². The topological polar surface area (TPSA) is 94.6 Å². The summed E-state index contributed by atoms with van der Waals surface area (Å²) in [7, 11) is 2.97. The highest BCUT2D eigenvalue weighted by molar-refractivity contribution is 6.37. The summed E-state index contributed by atoms with van der Waals surface area (Å²) in [5, 5.41) is 6.07. The summed E-state index contributed by atoms with van der Waals surface area (Å²) in [5.41, 5.74) is 2.12. The van der Waals surface area contributed by atoms with Crippen LogP contribution >= 0.6 is 23.2 Å². The third-order valence-corrected chi connectivity index (χ3v) is 5.51. The van der Waals surface area contributed by atoms with Crippen molar-refractivity contribution in [2.24, 2.45) is 0 Å². The molecule has 178 valence electrons. The smallest absolute Gasteiger partial charge is 0.283 e. The van der Waals surface area contributed by atoms with Gasteiger partial charge in [0, 0.05) is 11.6 Å². The first-order valence-corrected chi connectivity index (χ1v) is 10.6. The molecule has 1 heterocycles. The molecule has 3 aromatic rings. The summed E-state index contributed by atoms with van der Waals surface area (Å²) in [6.45, 7) is 4.83. The van der Waals surface area contributed by atoms with Crippen LogP contribution in [-0.2, 0) is 11.4 Å². The van der Waals surface area contributed by atoms with Crippen molar-refractivity contribution in [3.05, 3.63) is 70.2 Å². The van der Waals surface area contributed by atoms with Gasteiger partial charge in [-0.1, -0.05) is 41.9 Å². The van der Waals surface area contributed by atoms with E-state index in [4.69, 9.17) is 37.4 Å². The number of amides is 1. The van der Waals surface area contributed by atoms with Crippen molar-refractivity contribution in [3.63, 3.8) is 0 Å². The van der Waals surface area contributed by atoms with Gasteiger partial charge in [-0.15, -0.1) is 0 Å². The molecule has 8 nitrogen and oxygen atoms in total. The minimum absolute atomic E-state index is 0.0163. The van der Waals surface area contributed by atoms with Gasteiger partial charge in [0.05, 0.1) is 48.0 Å². The van der Waals surface area contributed by atoms with Crippen LogP contribution in [0.3, 0.4) is 0 Å². The van der Waals surface area contributed by atoms with Crippen molar-refractivity contribution in [3.8, 4) is 17.2 Å². The minimum atomic E-state index is -1.10. The SMILES string of the molecule is C=C(F)C(=O)Nc1cccc(C)c1Nc1ncc(OCc2c(Cl)c(OC)cc(OC)c2Cl)cn1. The van der Waals surface area contributed by atoms with Crippen LogP contribution in [0.15, 0.2) is 49.1 Å². The van der Waals surface area contributed by atoms with E-state index in [9.17, 15) is 9.18 Å². The molecule has 0 aliphatic carbocycles. The molecule has 0 atom stereocenters. The highest BCUT2D eigenvalue weighted by atomic mass is 35.5. The number of nitrogens with one attached hydrogen (secondary N) is 2. The molecule has 1 amide bonds. The van der Waals surface area contributed by atoms with Gasteiger partial charge in [0.1, 0.15) is 18.1 Å². The molecule has 0 spiro atoms. The van der Waals surface area contributed by atoms with E-state index in [1.165, 1.54) is 26.6 Å². The summed E-state index contributed by atoms with van der Waals surface area (Å²) in [5.74, 6) is -0.657. The van der Waals surface area contributed by atoms with Crippen molar-refractivity contribution >= 4 is 46.4 Å². The molecule has 34 heavy (non-hydrogen) atoms. The van der Waals surface area contributed by atoms with Gasteiger partial charge in [-0.05, 0) is 18.6 Å². The van der Waals surface area contributed by atoms with E-state index in [1.807, 2.05) is 13.0 Å². The molecule has 1 aromatic heterocycles. The summed E-state index contributed by atoms with van der Waals surface area (Å²) in [6.07, 6.45) is 2.91. The number of ether oxygens (including phenoxy) is 3. The second kappa shape index (κ2) is 11.0. The number of carbonyl (C=O) groups is 1. The first kappa shape index (κ1) is 25.1. The Labute approximate surface area is 205 Å². The molecule has 0 saturated heterocycles. The van der Waals surface area contributed by atoms with Crippen molar-refractivity contribution in [2.45, 2.75) is 13.5 Å². The third-order valence-electron chi connectivity index (χ3n) is 4.68. The average molecular weight is 507 g/mol. The molecule has 11 heteroatoms. The third kappa shape index (κ3) is 5.67. The van der Waals surface area contributed by atoms with Gasteiger partial charge in [-0.3, -0.25) is 4.79 Å². The Hall–Kier alpha value is -3.56. The van der Waals surface area contributed by atoms with Crippen LogP contribution in [0.1, 0.15) is 11.1 Å². The lowest BCUT2D eigenvalue weighted by molar-refractivity contribution is -0.114. The van der Waals surface area contributed by atoms with E-state index in [0.29, 0.717) is 44.2 Å². The fraction of sp³-hybridized carbons (Fsp3) is 0.174. The number of rotatable bonds is 9. The maximum absolute atomic E-state index is 13.1. The van der Waals surface area contributed by atoms with Gasteiger partial charge in [0.2, 0.25) is 5.95 Å². The van der Waals surface area contributed by atoms with Crippen LogP contribution < -0.4 is 24.8 Å². The second-order valence-electron chi connectivity index (χ2n) is 6.90. The maximum Gasteiger partial charge on any atom is 0.283 e. The average Bonchev–Trinajstić information content (AvgIpc) is 2.82. The Kier molecular flexibility index (Phi) is 8.14. The van der Waals surface area contributed by atoms with Gasteiger partial charge < -0.3 is 24.8 Å². The number of aromatic nitrogens is 2. The Morgan fingerprint density at radius 1 is 1.12 bits per heavy atom. The van der Waals surface area contributed by atoms with Crippen LogP contribution in [-0.4, -0.2) is 30.1 Å². The molecular weight excluding hydrogens is 486 g/mol. The first-order valence-electron chi connectivity index (χ1n) is 9.81. The highest BCUT2D eigenvalue weighted by Gasteiger charge is 2.18. The minimum Gasteiger partial charge on any atom is -0.495 e. The fourth-order valence-corrected chi connectivity index (χ4v) is 3.52. The molecular formula is C23H21Cl2FN4O4. The normalized spacial score (nSPS) is 10.4. The zero-order valence-corrected chi connectivity index (χ0v) is 20.1. The van der Waals surface area contributed by atoms with Gasteiger partial charge in [-0.25, -0.2) is 14.4 Å². The number of methoxy groups -OCH3 is 2. The molecule has 0 aliphatic rings. The van der Waals surface area contributed by atoms with E-state index in [2.05, 4.69) is 27.2 Å². The van der Waals surface area contributed by atoms with E-state index in [0.717, 1.165) is 5.56 Å². The molecule has 0 saturated carbocycles. The summed E-state index contributed by atoms with van der Waals surface area (Å²) < 4.78 is 29.4. The Morgan fingerprint density at radius 2 is 1.74 bits per heavy atom. The lowest BCUT2D eigenvalue weighted by atomic mass is 10.1. The van der Waals surface area contributed by atoms with Crippen LogP contribution in [0.25, 0.3) is 0 Å².